The van der Waals surface area contributed by atoms with Crippen molar-refractivity contribution >= 4 is 29.8 Å². The molecule has 11 heteroatoms. The molecule has 0 bridgehead atoms. The number of likely N-dealkylation sites (tertiary alicyclic amines) is 1. The summed E-state index contributed by atoms with van der Waals surface area (Å²) in [4.78, 5) is 68.8. The number of alkyl carbamates (subject to hydrolysis) is 1. The van der Waals surface area contributed by atoms with Gasteiger partial charge in [0.2, 0.25) is 11.8 Å². The lowest BCUT2D eigenvalue weighted by molar-refractivity contribution is -0.148. The molecule has 2 aliphatic carbocycles. The Morgan fingerprint density at radius 1 is 0.922 bits per heavy atom. The van der Waals surface area contributed by atoms with Gasteiger partial charge in [-0.25, -0.2) is 14.4 Å². The summed E-state index contributed by atoms with van der Waals surface area (Å²) in [6.07, 6.45) is 9.04. The van der Waals surface area contributed by atoms with Crippen LogP contribution in [0, 0.1) is 5.92 Å². The number of benzene rings is 2. The number of carbonyl (C=O) groups excluding carboxylic acids is 5. The molecule has 1 aliphatic heterocycles. The van der Waals surface area contributed by atoms with Gasteiger partial charge in [-0.1, -0.05) is 67.5 Å². The molecule has 5 rings (SSSR count). The zero-order valence-corrected chi connectivity index (χ0v) is 29.4. The number of allylic oxidation sites excluding steroid dienone is 1. The van der Waals surface area contributed by atoms with Crippen LogP contribution in [0.2, 0.25) is 0 Å². The first-order valence-electron chi connectivity index (χ1n) is 18.0. The summed E-state index contributed by atoms with van der Waals surface area (Å²) in [5.74, 6) is -2.60. The first-order valence-corrected chi connectivity index (χ1v) is 18.0. The number of carbonyl (C=O) groups is 5. The highest BCUT2D eigenvalue weighted by Crippen LogP contribution is 2.45. The molecule has 0 unspecified atom stereocenters. The number of amides is 3. The van der Waals surface area contributed by atoms with Crippen molar-refractivity contribution in [2.24, 2.45) is 5.92 Å². The van der Waals surface area contributed by atoms with Gasteiger partial charge in [-0.3, -0.25) is 9.59 Å². The van der Waals surface area contributed by atoms with Crippen molar-refractivity contribution < 1.29 is 38.2 Å². The lowest BCUT2D eigenvalue weighted by atomic mass is 10.0. The van der Waals surface area contributed by atoms with Gasteiger partial charge in [-0.05, 0) is 74.6 Å². The fourth-order valence-electron chi connectivity index (χ4n) is 7.12. The van der Waals surface area contributed by atoms with Gasteiger partial charge in [0.25, 0.3) is 0 Å². The third-order valence-corrected chi connectivity index (χ3v) is 10.1. The van der Waals surface area contributed by atoms with Crippen LogP contribution in [0.1, 0.15) is 81.0 Å². The zero-order chi connectivity index (χ0) is 36.4. The minimum absolute atomic E-state index is 0.00000393. The maximum absolute atomic E-state index is 14.3. The smallest absolute Gasteiger partial charge is 0.408 e. The predicted molar refractivity (Wildman–Crippen MR) is 191 cm³/mol. The van der Waals surface area contributed by atoms with Gasteiger partial charge in [0.15, 0.2) is 0 Å². The lowest BCUT2D eigenvalue weighted by Crippen LogP contribution is -2.56. The van der Waals surface area contributed by atoms with E-state index in [9.17, 15) is 24.0 Å². The molecule has 0 spiro atoms. The summed E-state index contributed by atoms with van der Waals surface area (Å²) in [5.41, 5.74) is 0.983. The Bertz CT molecular complexity index is 1570. The molecule has 51 heavy (non-hydrogen) atoms. The topological polar surface area (TPSA) is 140 Å². The van der Waals surface area contributed by atoms with Crippen molar-refractivity contribution in [1.29, 1.82) is 0 Å². The second kappa shape index (κ2) is 17.3. The SMILES string of the molecule is C=CCCCCC[C@H](NC(=O)OC1CCCC1)C(=O)N1C[C@@H](OC(=O)c2ccc(-c3ccccc3)cc2)C[C@H]1C(=O)N[C@]1(C(=O)OC)C[C@H]1C=C. The van der Waals surface area contributed by atoms with E-state index < -0.39 is 53.6 Å². The van der Waals surface area contributed by atoms with Crippen LogP contribution < -0.4 is 10.6 Å². The Labute approximate surface area is 299 Å². The van der Waals surface area contributed by atoms with E-state index >= 15 is 0 Å². The highest BCUT2D eigenvalue weighted by atomic mass is 16.6. The average Bonchev–Trinajstić information content (AvgIpc) is 3.41. The van der Waals surface area contributed by atoms with Crippen LogP contribution in [-0.4, -0.2) is 78.2 Å². The minimum atomic E-state index is -1.29. The van der Waals surface area contributed by atoms with Gasteiger partial charge >= 0.3 is 18.0 Å². The average molecular weight is 700 g/mol. The Hall–Kier alpha value is -4.93. The first-order chi connectivity index (χ1) is 24.7. The van der Waals surface area contributed by atoms with E-state index in [0.29, 0.717) is 24.8 Å². The van der Waals surface area contributed by atoms with Crippen LogP contribution in [-0.2, 0) is 28.6 Å². The highest BCUT2D eigenvalue weighted by molar-refractivity contribution is 5.97. The molecule has 3 aliphatic rings. The summed E-state index contributed by atoms with van der Waals surface area (Å²) in [7, 11) is 1.25. The number of hydrogen-bond donors (Lipinski definition) is 2. The van der Waals surface area contributed by atoms with Crippen LogP contribution in [0.25, 0.3) is 11.1 Å². The molecular weight excluding hydrogens is 650 g/mol. The summed E-state index contributed by atoms with van der Waals surface area (Å²) >= 11 is 0. The number of esters is 2. The number of nitrogens with one attached hydrogen (secondary N) is 2. The van der Waals surface area contributed by atoms with Crippen molar-refractivity contribution in [3.8, 4) is 11.1 Å². The van der Waals surface area contributed by atoms with Crippen molar-refractivity contribution in [3.05, 3.63) is 85.5 Å². The molecule has 3 fully saturated rings. The van der Waals surface area contributed by atoms with E-state index in [1.807, 2.05) is 48.5 Å². The van der Waals surface area contributed by atoms with Crippen molar-refractivity contribution in [1.82, 2.24) is 15.5 Å². The minimum Gasteiger partial charge on any atom is -0.467 e. The summed E-state index contributed by atoms with van der Waals surface area (Å²) in [5, 5.41) is 5.60. The molecular formula is C40H49N3O8. The van der Waals surface area contributed by atoms with E-state index in [1.165, 1.54) is 12.0 Å². The first kappa shape index (κ1) is 37.3. The van der Waals surface area contributed by atoms with Gasteiger partial charge in [0, 0.05) is 12.3 Å². The molecule has 0 aromatic heterocycles. The Morgan fingerprint density at radius 3 is 2.27 bits per heavy atom. The van der Waals surface area contributed by atoms with E-state index in [-0.39, 0.29) is 25.0 Å². The molecule has 2 N–H and O–H groups in total. The second-order valence-electron chi connectivity index (χ2n) is 13.6. The number of unbranched alkanes of at least 4 members (excludes halogenated alkanes) is 3. The molecule has 3 amide bonds. The fraction of sp³-hybridized carbons (Fsp3) is 0.475. The predicted octanol–water partition coefficient (Wildman–Crippen LogP) is 5.89. The maximum Gasteiger partial charge on any atom is 0.408 e. The quantitative estimate of drug-likeness (QED) is 0.0958. The molecule has 0 radical (unpaired) electrons. The van der Waals surface area contributed by atoms with Crippen LogP contribution in [0.15, 0.2) is 79.9 Å². The van der Waals surface area contributed by atoms with E-state index in [4.69, 9.17) is 14.2 Å². The van der Waals surface area contributed by atoms with Crippen LogP contribution >= 0.6 is 0 Å². The van der Waals surface area contributed by atoms with Crippen molar-refractivity contribution in [3.63, 3.8) is 0 Å². The normalized spacial score (nSPS) is 23.1. The number of methoxy groups -OCH3 is 1. The molecule has 2 saturated carbocycles. The molecule has 2 aromatic carbocycles. The monoisotopic (exact) mass is 699 g/mol. The van der Waals surface area contributed by atoms with E-state index in [2.05, 4.69) is 23.8 Å². The fourth-order valence-corrected chi connectivity index (χ4v) is 7.12. The largest absolute Gasteiger partial charge is 0.467 e. The van der Waals surface area contributed by atoms with Crippen LogP contribution in [0.3, 0.4) is 0 Å². The molecule has 1 heterocycles. The lowest BCUT2D eigenvalue weighted by Gasteiger charge is -2.29. The van der Waals surface area contributed by atoms with Gasteiger partial charge in [-0.15, -0.1) is 13.2 Å². The molecule has 272 valence electrons. The number of rotatable bonds is 16. The summed E-state index contributed by atoms with van der Waals surface area (Å²) < 4.78 is 16.5. The standard InChI is InChI=1S/C40H49N3O8/c1-4-6-7-8-12-19-33(41-39(48)51-31-17-13-14-18-31)36(45)43-26-32(24-34(43)35(44)42-40(38(47)49-3)25-30(40)5-2)50-37(46)29-22-20-28(21-23-29)27-15-10-9-11-16-27/h4-5,9-11,15-16,20-23,30-34H,1-2,6-8,12-14,17-19,24-26H2,3H3,(H,41,48)(H,42,44)/t30-,32+,33+,34+,40-/m1/s1. The molecule has 2 aromatic rings. The third-order valence-electron chi connectivity index (χ3n) is 10.1. The van der Waals surface area contributed by atoms with Gasteiger partial charge in [0.05, 0.1) is 19.2 Å². The Balaban J connectivity index is 1.34. The van der Waals surface area contributed by atoms with Gasteiger partial charge in [0.1, 0.15) is 29.8 Å². The maximum atomic E-state index is 14.3. The second-order valence-corrected chi connectivity index (χ2v) is 13.6. The number of hydrogen-bond acceptors (Lipinski definition) is 8. The number of nitrogens with zero attached hydrogens (tertiary/aromatic N) is 1. The van der Waals surface area contributed by atoms with Crippen LogP contribution in [0.5, 0.6) is 0 Å². The van der Waals surface area contributed by atoms with E-state index in [0.717, 1.165) is 56.1 Å². The summed E-state index contributed by atoms with van der Waals surface area (Å²) in [6, 6.07) is 14.7. The molecule has 5 atom stereocenters. The van der Waals surface area contributed by atoms with Gasteiger partial charge in [-0.2, -0.15) is 0 Å². The summed E-state index contributed by atoms with van der Waals surface area (Å²) in [6.45, 7) is 7.46. The zero-order valence-electron chi connectivity index (χ0n) is 29.4. The molecule has 11 nitrogen and oxygen atoms in total. The van der Waals surface area contributed by atoms with Crippen molar-refractivity contribution in [2.75, 3.05) is 13.7 Å². The third kappa shape index (κ3) is 9.25. The van der Waals surface area contributed by atoms with Crippen LogP contribution in [0.4, 0.5) is 4.79 Å². The Morgan fingerprint density at radius 2 is 1.63 bits per heavy atom. The van der Waals surface area contributed by atoms with Crippen molar-refractivity contribution in [2.45, 2.75) is 100 Å². The van der Waals surface area contributed by atoms with E-state index in [1.54, 1.807) is 18.2 Å². The highest BCUT2D eigenvalue weighted by Gasteiger charge is 2.62. The number of ether oxygens (including phenoxy) is 3. The Kier molecular flexibility index (Phi) is 12.7. The van der Waals surface area contributed by atoms with Gasteiger partial charge < -0.3 is 29.7 Å². The molecule has 1 saturated heterocycles.